The van der Waals surface area contributed by atoms with Gasteiger partial charge in [-0.2, -0.15) is 0 Å². The van der Waals surface area contributed by atoms with Crippen molar-refractivity contribution >= 4 is 27.5 Å². The van der Waals surface area contributed by atoms with Crippen LogP contribution in [0.3, 0.4) is 0 Å². The van der Waals surface area contributed by atoms with Gasteiger partial charge >= 0.3 is 0 Å². The highest BCUT2D eigenvalue weighted by molar-refractivity contribution is 7.92. The van der Waals surface area contributed by atoms with E-state index in [0.29, 0.717) is 12.3 Å². The maximum Gasteiger partial charge on any atom is 0.264 e. The van der Waals surface area contributed by atoms with Crippen molar-refractivity contribution in [3.05, 3.63) is 89.7 Å². The van der Waals surface area contributed by atoms with E-state index in [0.717, 1.165) is 39.7 Å². The SMILES string of the molecule is CCNC(=O)[C@@H](C)N(Cc1ccc(OC)cc1)C(=O)CN(c1ccc(C)cc1)S(=O)(=O)c1ccc(F)cc1. The van der Waals surface area contributed by atoms with Gasteiger partial charge in [0.05, 0.1) is 17.7 Å². The number of sulfonamides is 1. The van der Waals surface area contributed by atoms with Crippen molar-refractivity contribution in [3.63, 3.8) is 0 Å². The second-order valence-electron chi connectivity index (χ2n) is 8.74. The van der Waals surface area contributed by atoms with Crippen LogP contribution in [0.2, 0.25) is 0 Å². The Morgan fingerprint density at radius 1 is 0.974 bits per heavy atom. The minimum atomic E-state index is -4.25. The van der Waals surface area contributed by atoms with Gasteiger partial charge in [-0.05, 0) is 74.9 Å². The minimum Gasteiger partial charge on any atom is -0.497 e. The van der Waals surface area contributed by atoms with Gasteiger partial charge in [-0.1, -0.05) is 29.8 Å². The average molecular weight is 542 g/mol. The Bertz CT molecular complexity index is 1340. The lowest BCUT2D eigenvalue weighted by Gasteiger charge is -2.32. The Balaban J connectivity index is 2.01. The summed E-state index contributed by atoms with van der Waals surface area (Å²) in [6.07, 6.45) is 0. The maximum absolute atomic E-state index is 13.8. The molecule has 3 aromatic rings. The Morgan fingerprint density at radius 3 is 2.13 bits per heavy atom. The van der Waals surface area contributed by atoms with Crippen LogP contribution in [0, 0.1) is 12.7 Å². The van der Waals surface area contributed by atoms with Gasteiger partial charge in [0.15, 0.2) is 0 Å². The molecule has 38 heavy (non-hydrogen) atoms. The van der Waals surface area contributed by atoms with Crippen molar-refractivity contribution in [2.75, 3.05) is 24.5 Å². The van der Waals surface area contributed by atoms with Crippen LogP contribution >= 0.6 is 0 Å². The van der Waals surface area contributed by atoms with Crippen LogP contribution in [-0.4, -0.2) is 51.4 Å². The van der Waals surface area contributed by atoms with Crippen LogP contribution in [0.1, 0.15) is 25.0 Å². The lowest BCUT2D eigenvalue weighted by Crippen LogP contribution is -2.51. The fourth-order valence-electron chi connectivity index (χ4n) is 3.81. The minimum absolute atomic E-state index is 0.0689. The van der Waals surface area contributed by atoms with E-state index in [-0.39, 0.29) is 23.0 Å². The molecule has 10 heteroatoms. The van der Waals surface area contributed by atoms with Gasteiger partial charge in [0, 0.05) is 13.1 Å². The van der Waals surface area contributed by atoms with Gasteiger partial charge < -0.3 is 15.0 Å². The number of amides is 2. The zero-order valence-electron chi connectivity index (χ0n) is 21.8. The summed E-state index contributed by atoms with van der Waals surface area (Å²) in [5.41, 5.74) is 1.91. The number of ether oxygens (including phenoxy) is 1. The molecule has 0 saturated carbocycles. The molecule has 0 saturated heterocycles. The highest BCUT2D eigenvalue weighted by Gasteiger charge is 2.32. The Kier molecular flexibility index (Phi) is 9.46. The number of nitrogens with one attached hydrogen (secondary N) is 1. The molecular weight excluding hydrogens is 509 g/mol. The first-order valence-corrected chi connectivity index (χ1v) is 13.6. The monoisotopic (exact) mass is 541 g/mol. The number of aryl methyl sites for hydroxylation is 1. The molecule has 1 N–H and O–H groups in total. The molecule has 0 aromatic heterocycles. The standard InChI is InChI=1S/C28H32FN3O5S/c1-5-30-28(34)21(3)31(18-22-8-14-25(37-4)15-9-22)27(33)19-32(24-12-6-20(2)7-13-24)38(35,36)26-16-10-23(29)11-17-26/h6-17,21H,5,18-19H2,1-4H3,(H,30,34)/t21-/m1/s1. The molecule has 1 atom stereocenters. The number of halogens is 1. The molecular formula is C28H32FN3O5S. The second kappa shape index (κ2) is 12.6. The van der Waals surface area contributed by atoms with Gasteiger partial charge in [0.1, 0.15) is 24.2 Å². The van der Waals surface area contributed by atoms with Crippen LogP contribution in [0.5, 0.6) is 5.75 Å². The molecule has 0 radical (unpaired) electrons. The Morgan fingerprint density at radius 2 is 1.58 bits per heavy atom. The molecule has 0 aliphatic rings. The van der Waals surface area contributed by atoms with E-state index in [2.05, 4.69) is 5.32 Å². The summed E-state index contributed by atoms with van der Waals surface area (Å²) in [5.74, 6) is -0.883. The highest BCUT2D eigenvalue weighted by Crippen LogP contribution is 2.25. The molecule has 0 heterocycles. The molecule has 0 bridgehead atoms. The number of benzene rings is 3. The lowest BCUT2D eigenvalue weighted by atomic mass is 10.1. The van der Waals surface area contributed by atoms with Crippen molar-refractivity contribution in [2.24, 2.45) is 0 Å². The number of carbonyl (C=O) groups is 2. The number of nitrogens with zero attached hydrogens (tertiary/aromatic N) is 2. The van der Waals surface area contributed by atoms with Crippen molar-refractivity contribution in [2.45, 2.75) is 38.3 Å². The topological polar surface area (TPSA) is 96.0 Å². The van der Waals surface area contributed by atoms with Crippen molar-refractivity contribution < 1.29 is 27.1 Å². The summed E-state index contributed by atoms with van der Waals surface area (Å²) >= 11 is 0. The molecule has 202 valence electrons. The van der Waals surface area contributed by atoms with Crippen LogP contribution in [0.4, 0.5) is 10.1 Å². The van der Waals surface area contributed by atoms with E-state index in [1.165, 1.54) is 4.90 Å². The lowest BCUT2D eigenvalue weighted by molar-refractivity contribution is -0.139. The van der Waals surface area contributed by atoms with Gasteiger partial charge in [-0.25, -0.2) is 12.8 Å². The predicted molar refractivity (Wildman–Crippen MR) is 144 cm³/mol. The molecule has 0 fully saturated rings. The number of likely N-dealkylation sites (N-methyl/N-ethyl adjacent to an activating group) is 1. The molecule has 3 rings (SSSR count). The van der Waals surface area contributed by atoms with Crippen LogP contribution < -0.4 is 14.4 Å². The maximum atomic E-state index is 13.8. The van der Waals surface area contributed by atoms with Gasteiger partial charge in [0.25, 0.3) is 10.0 Å². The fraction of sp³-hybridized carbons (Fsp3) is 0.286. The van der Waals surface area contributed by atoms with Crippen molar-refractivity contribution in [3.8, 4) is 5.75 Å². The first-order chi connectivity index (χ1) is 18.1. The van der Waals surface area contributed by atoms with Gasteiger partial charge in [0.2, 0.25) is 11.8 Å². The first-order valence-electron chi connectivity index (χ1n) is 12.1. The quantitative estimate of drug-likeness (QED) is 0.397. The highest BCUT2D eigenvalue weighted by atomic mass is 32.2. The van der Waals surface area contributed by atoms with Crippen molar-refractivity contribution in [1.82, 2.24) is 10.2 Å². The molecule has 0 spiro atoms. The summed E-state index contributed by atoms with van der Waals surface area (Å²) in [6, 6.07) is 17.2. The van der Waals surface area contributed by atoms with E-state index in [9.17, 15) is 22.4 Å². The fourth-order valence-corrected chi connectivity index (χ4v) is 5.22. The normalized spacial score (nSPS) is 11.9. The van der Waals surface area contributed by atoms with E-state index in [4.69, 9.17) is 4.74 Å². The number of carbonyl (C=O) groups excluding carboxylic acids is 2. The largest absolute Gasteiger partial charge is 0.497 e. The third kappa shape index (κ3) is 6.89. The number of methoxy groups -OCH3 is 1. The van der Waals surface area contributed by atoms with E-state index in [1.54, 1.807) is 69.5 Å². The Hall–Kier alpha value is -3.92. The van der Waals surface area contributed by atoms with Crippen molar-refractivity contribution in [1.29, 1.82) is 0 Å². The third-order valence-electron chi connectivity index (χ3n) is 6.03. The number of hydrogen-bond acceptors (Lipinski definition) is 5. The summed E-state index contributed by atoms with van der Waals surface area (Å²) in [7, 11) is -2.70. The predicted octanol–water partition coefficient (Wildman–Crippen LogP) is 3.89. The summed E-state index contributed by atoms with van der Waals surface area (Å²) in [4.78, 5) is 27.7. The summed E-state index contributed by atoms with van der Waals surface area (Å²) in [5, 5.41) is 2.72. The molecule has 2 amide bonds. The van der Waals surface area contributed by atoms with Gasteiger partial charge in [-0.3, -0.25) is 13.9 Å². The van der Waals surface area contributed by atoms with Crippen LogP contribution in [0.25, 0.3) is 0 Å². The average Bonchev–Trinajstić information content (AvgIpc) is 2.91. The zero-order valence-corrected chi connectivity index (χ0v) is 22.7. The Labute approximate surface area is 223 Å². The second-order valence-corrected chi connectivity index (χ2v) is 10.6. The summed E-state index contributed by atoms with van der Waals surface area (Å²) < 4.78 is 47.0. The molecule has 3 aromatic carbocycles. The number of anilines is 1. The molecule has 0 unspecified atom stereocenters. The summed E-state index contributed by atoms with van der Waals surface area (Å²) in [6.45, 7) is 5.11. The van der Waals surface area contributed by atoms with E-state index in [1.807, 2.05) is 6.92 Å². The molecule has 0 aliphatic heterocycles. The third-order valence-corrected chi connectivity index (χ3v) is 7.82. The molecule has 0 aliphatic carbocycles. The number of hydrogen-bond donors (Lipinski definition) is 1. The van der Waals surface area contributed by atoms with Crippen LogP contribution in [-0.2, 0) is 26.2 Å². The molecule has 8 nitrogen and oxygen atoms in total. The van der Waals surface area contributed by atoms with Gasteiger partial charge in [-0.15, -0.1) is 0 Å². The number of rotatable bonds is 11. The van der Waals surface area contributed by atoms with E-state index >= 15 is 0 Å². The van der Waals surface area contributed by atoms with E-state index < -0.39 is 34.3 Å². The zero-order chi connectivity index (χ0) is 27.9. The smallest absolute Gasteiger partial charge is 0.264 e. The first kappa shape index (κ1) is 28.6. The van der Waals surface area contributed by atoms with Crippen LogP contribution in [0.15, 0.2) is 77.7 Å².